The van der Waals surface area contributed by atoms with Gasteiger partial charge in [-0.2, -0.15) is 0 Å². The zero-order valence-electron chi connectivity index (χ0n) is 13.5. The van der Waals surface area contributed by atoms with Crippen LogP contribution in [0.15, 0.2) is 30.3 Å². The third-order valence-electron chi connectivity index (χ3n) is 3.43. The maximum atomic E-state index is 11.3. The summed E-state index contributed by atoms with van der Waals surface area (Å²) < 4.78 is 5.53. The van der Waals surface area contributed by atoms with Crippen molar-refractivity contribution in [1.82, 2.24) is 5.32 Å². The highest BCUT2D eigenvalue weighted by Gasteiger charge is 2.20. The van der Waals surface area contributed by atoms with E-state index in [0.717, 1.165) is 12.0 Å². The molecule has 2 unspecified atom stereocenters. The van der Waals surface area contributed by atoms with Gasteiger partial charge in [-0.3, -0.25) is 4.79 Å². The quantitative estimate of drug-likeness (QED) is 0.534. The average Bonchev–Trinajstić information content (AvgIpc) is 2.50. The van der Waals surface area contributed by atoms with E-state index >= 15 is 0 Å². The van der Waals surface area contributed by atoms with Crippen molar-refractivity contribution < 1.29 is 19.4 Å². The summed E-state index contributed by atoms with van der Waals surface area (Å²) in [6.45, 7) is 2.14. The number of carbonyl (C=O) groups excluding carboxylic acids is 1. The number of rotatable bonds is 11. The van der Waals surface area contributed by atoms with E-state index in [1.54, 1.807) is 0 Å². The Bertz CT molecular complexity index is 479. The van der Waals surface area contributed by atoms with Crippen LogP contribution >= 0.6 is 0 Å². The van der Waals surface area contributed by atoms with Crippen molar-refractivity contribution in [1.29, 1.82) is 0 Å². The van der Waals surface area contributed by atoms with Crippen LogP contribution in [0.1, 0.15) is 31.7 Å². The van der Waals surface area contributed by atoms with Crippen LogP contribution in [0.5, 0.6) is 0 Å². The number of carboxylic acid groups (broad SMARTS) is 1. The monoisotopic (exact) mass is 322 g/mol. The van der Waals surface area contributed by atoms with Crippen molar-refractivity contribution in [2.45, 2.75) is 44.8 Å². The van der Waals surface area contributed by atoms with Gasteiger partial charge in [0, 0.05) is 6.92 Å². The van der Waals surface area contributed by atoms with E-state index in [2.05, 4.69) is 5.32 Å². The molecule has 0 saturated carbocycles. The van der Waals surface area contributed by atoms with Crippen LogP contribution in [0.3, 0.4) is 0 Å². The van der Waals surface area contributed by atoms with Gasteiger partial charge in [-0.05, 0) is 37.8 Å². The summed E-state index contributed by atoms with van der Waals surface area (Å²) in [5.74, 6) is -1.15. The Labute approximate surface area is 137 Å². The second kappa shape index (κ2) is 10.7. The highest BCUT2D eigenvalue weighted by molar-refractivity contribution is 5.73. The van der Waals surface area contributed by atoms with Crippen LogP contribution < -0.4 is 11.1 Å². The Hall–Kier alpha value is -1.92. The number of benzene rings is 1. The van der Waals surface area contributed by atoms with Crippen molar-refractivity contribution in [3.05, 3.63) is 35.9 Å². The summed E-state index contributed by atoms with van der Waals surface area (Å²) in [4.78, 5) is 22.6. The summed E-state index contributed by atoms with van der Waals surface area (Å²) in [6.07, 6.45) is 1.62. The number of nitrogens with one attached hydrogen (secondary N) is 1. The highest BCUT2D eigenvalue weighted by atomic mass is 16.5. The molecule has 1 aromatic rings. The molecule has 1 rings (SSSR count). The molecule has 4 N–H and O–H groups in total. The minimum atomic E-state index is -0.983. The molecule has 0 saturated heterocycles. The number of carbonyl (C=O) groups is 2. The van der Waals surface area contributed by atoms with Crippen molar-refractivity contribution in [2.24, 2.45) is 5.73 Å². The number of ether oxygens (including phenoxy) is 1. The standard InChI is InChI=1S/C17H26N2O4/c1-13(20)19-15(11-14-7-3-2-4-8-14)12-23-16(17(21)22)9-5-6-10-18/h2-4,7-8,15-16H,5-6,9-12,18H2,1H3,(H,19,20)(H,21,22). The van der Waals surface area contributed by atoms with E-state index in [4.69, 9.17) is 10.5 Å². The Morgan fingerprint density at radius 3 is 2.52 bits per heavy atom. The lowest BCUT2D eigenvalue weighted by Gasteiger charge is -2.21. The molecular weight excluding hydrogens is 296 g/mol. The molecule has 0 radical (unpaired) electrons. The molecule has 0 heterocycles. The summed E-state index contributed by atoms with van der Waals surface area (Å²) in [6, 6.07) is 9.44. The van der Waals surface area contributed by atoms with Crippen LogP contribution in [0.2, 0.25) is 0 Å². The number of nitrogens with two attached hydrogens (primary N) is 1. The Morgan fingerprint density at radius 2 is 1.96 bits per heavy atom. The third kappa shape index (κ3) is 8.32. The summed E-state index contributed by atoms with van der Waals surface area (Å²) in [5, 5.41) is 12.0. The van der Waals surface area contributed by atoms with Crippen molar-refractivity contribution in [3.63, 3.8) is 0 Å². The molecular formula is C17H26N2O4. The van der Waals surface area contributed by atoms with E-state index < -0.39 is 12.1 Å². The first kappa shape index (κ1) is 19.1. The fourth-order valence-electron chi connectivity index (χ4n) is 2.32. The van der Waals surface area contributed by atoms with Crippen molar-refractivity contribution >= 4 is 11.9 Å². The first-order valence-electron chi connectivity index (χ1n) is 7.88. The van der Waals surface area contributed by atoms with Gasteiger partial charge in [-0.15, -0.1) is 0 Å². The molecule has 0 spiro atoms. The Balaban J connectivity index is 2.57. The molecule has 2 atom stereocenters. The fraction of sp³-hybridized carbons (Fsp3) is 0.529. The van der Waals surface area contributed by atoms with Crippen LogP contribution in [-0.2, 0) is 20.7 Å². The van der Waals surface area contributed by atoms with Gasteiger partial charge >= 0.3 is 5.97 Å². The minimum absolute atomic E-state index is 0.161. The van der Waals surface area contributed by atoms with E-state index in [9.17, 15) is 14.7 Å². The molecule has 0 aromatic heterocycles. The van der Waals surface area contributed by atoms with Gasteiger partial charge in [0.1, 0.15) is 0 Å². The molecule has 1 aromatic carbocycles. The summed E-state index contributed by atoms with van der Waals surface area (Å²) >= 11 is 0. The molecule has 0 bridgehead atoms. The van der Waals surface area contributed by atoms with Crippen molar-refractivity contribution in [3.8, 4) is 0 Å². The molecule has 6 nitrogen and oxygen atoms in total. The highest BCUT2D eigenvalue weighted by Crippen LogP contribution is 2.09. The normalized spacial score (nSPS) is 13.3. The average molecular weight is 322 g/mol. The molecule has 0 aliphatic heterocycles. The molecule has 6 heteroatoms. The molecule has 0 aliphatic rings. The second-order valence-corrected chi connectivity index (χ2v) is 5.53. The Morgan fingerprint density at radius 1 is 1.26 bits per heavy atom. The topological polar surface area (TPSA) is 102 Å². The SMILES string of the molecule is CC(=O)NC(COC(CCCCN)C(=O)O)Cc1ccccc1. The molecule has 23 heavy (non-hydrogen) atoms. The lowest BCUT2D eigenvalue weighted by Crippen LogP contribution is -2.40. The first-order valence-corrected chi connectivity index (χ1v) is 7.88. The number of amides is 1. The van der Waals surface area contributed by atoms with Gasteiger partial charge in [0.2, 0.25) is 5.91 Å². The zero-order chi connectivity index (χ0) is 17.1. The number of hydrogen-bond donors (Lipinski definition) is 3. The minimum Gasteiger partial charge on any atom is -0.479 e. The van der Waals surface area contributed by atoms with Crippen LogP contribution in [0.25, 0.3) is 0 Å². The predicted octanol–water partition coefficient (Wildman–Crippen LogP) is 1.33. The molecule has 128 valence electrons. The number of aliphatic carboxylic acids is 1. The van der Waals surface area contributed by atoms with E-state index in [1.165, 1.54) is 6.92 Å². The van der Waals surface area contributed by atoms with E-state index in [-0.39, 0.29) is 18.6 Å². The second-order valence-electron chi connectivity index (χ2n) is 5.53. The largest absolute Gasteiger partial charge is 0.479 e. The van der Waals surface area contributed by atoms with E-state index in [0.29, 0.717) is 25.8 Å². The smallest absolute Gasteiger partial charge is 0.332 e. The van der Waals surface area contributed by atoms with Gasteiger partial charge < -0.3 is 20.9 Å². The maximum absolute atomic E-state index is 11.3. The molecule has 1 amide bonds. The van der Waals surface area contributed by atoms with Crippen LogP contribution in [-0.4, -0.2) is 42.3 Å². The molecule has 0 aliphatic carbocycles. The fourth-order valence-corrected chi connectivity index (χ4v) is 2.32. The predicted molar refractivity (Wildman–Crippen MR) is 88.0 cm³/mol. The van der Waals surface area contributed by atoms with Crippen molar-refractivity contribution in [2.75, 3.05) is 13.2 Å². The number of hydrogen-bond acceptors (Lipinski definition) is 4. The maximum Gasteiger partial charge on any atom is 0.332 e. The summed E-state index contributed by atoms with van der Waals surface area (Å²) in [7, 11) is 0. The summed E-state index contributed by atoms with van der Waals surface area (Å²) in [5.41, 5.74) is 6.48. The lowest BCUT2D eigenvalue weighted by molar-refractivity contribution is -0.151. The van der Waals surface area contributed by atoms with Gasteiger partial charge in [0.25, 0.3) is 0 Å². The first-order chi connectivity index (χ1) is 11.0. The van der Waals surface area contributed by atoms with Gasteiger partial charge in [-0.25, -0.2) is 4.79 Å². The van der Waals surface area contributed by atoms with Crippen LogP contribution in [0, 0.1) is 0 Å². The van der Waals surface area contributed by atoms with Gasteiger partial charge in [0.05, 0.1) is 12.6 Å². The third-order valence-corrected chi connectivity index (χ3v) is 3.43. The number of unbranched alkanes of at least 4 members (excludes halogenated alkanes) is 1. The van der Waals surface area contributed by atoms with Gasteiger partial charge in [-0.1, -0.05) is 30.3 Å². The zero-order valence-corrected chi connectivity index (χ0v) is 13.5. The Kier molecular flexibility index (Phi) is 8.94. The van der Waals surface area contributed by atoms with Gasteiger partial charge in [0.15, 0.2) is 6.10 Å². The molecule has 0 fully saturated rings. The van der Waals surface area contributed by atoms with Crippen LogP contribution in [0.4, 0.5) is 0 Å². The van der Waals surface area contributed by atoms with E-state index in [1.807, 2.05) is 30.3 Å². The number of carboxylic acids is 1. The lowest BCUT2D eigenvalue weighted by atomic mass is 10.1.